The number of ketones is 1. The van der Waals surface area contributed by atoms with Gasteiger partial charge < -0.3 is 4.90 Å². The third kappa shape index (κ3) is 4.36. The van der Waals surface area contributed by atoms with E-state index in [1.54, 1.807) is 30.3 Å². The highest BCUT2D eigenvalue weighted by Crippen LogP contribution is 2.32. The van der Waals surface area contributed by atoms with Gasteiger partial charge in [0.1, 0.15) is 8.42 Å². The maximum Gasteiger partial charge on any atom is 0.252 e. The van der Waals surface area contributed by atoms with Gasteiger partial charge in [-0.05, 0) is 55.5 Å². The summed E-state index contributed by atoms with van der Waals surface area (Å²) in [5.41, 5.74) is 1.56. The van der Waals surface area contributed by atoms with E-state index >= 15 is 0 Å². The van der Waals surface area contributed by atoms with Gasteiger partial charge >= 0.3 is 0 Å². The summed E-state index contributed by atoms with van der Waals surface area (Å²) in [5.74, 6) is -0.00272. The summed E-state index contributed by atoms with van der Waals surface area (Å²) >= 11 is 0.774. The molecule has 4 rings (SSSR count). The summed E-state index contributed by atoms with van der Waals surface area (Å²) < 4.78 is 53.2. The molecule has 1 aliphatic rings. The average Bonchev–Trinajstić information content (AvgIpc) is 3.32. The lowest BCUT2D eigenvalue weighted by molar-refractivity contribution is 0.101. The van der Waals surface area contributed by atoms with Crippen molar-refractivity contribution >= 4 is 42.7 Å². The number of carbonyl (C=O) groups excluding carboxylic acids is 1. The van der Waals surface area contributed by atoms with Crippen LogP contribution in [0.1, 0.15) is 17.3 Å². The Morgan fingerprint density at radius 3 is 1.97 bits per heavy atom. The number of rotatable bonds is 6. The first-order valence-corrected chi connectivity index (χ1v) is 13.7. The van der Waals surface area contributed by atoms with Gasteiger partial charge in [0.25, 0.3) is 10.0 Å². The number of piperazine rings is 1. The van der Waals surface area contributed by atoms with Crippen molar-refractivity contribution in [2.45, 2.75) is 20.2 Å². The zero-order valence-electron chi connectivity index (χ0n) is 17.3. The van der Waals surface area contributed by atoms with Crippen LogP contribution in [0.5, 0.6) is 0 Å². The van der Waals surface area contributed by atoms with E-state index in [1.165, 1.54) is 35.5 Å². The minimum Gasteiger partial charge on any atom is -0.369 e. The summed E-state index contributed by atoms with van der Waals surface area (Å²) in [6, 6.07) is 17.9. The number of carbonyl (C=O) groups is 1. The van der Waals surface area contributed by atoms with Crippen LogP contribution in [0.4, 0.5) is 5.69 Å². The lowest BCUT2D eigenvalue weighted by atomic mass is 10.1. The van der Waals surface area contributed by atoms with Crippen molar-refractivity contribution < 1.29 is 21.6 Å². The average molecular weight is 491 g/mol. The Morgan fingerprint density at radius 1 is 0.781 bits per heavy atom. The van der Waals surface area contributed by atoms with E-state index in [-0.39, 0.29) is 32.2 Å². The van der Waals surface area contributed by atoms with Crippen molar-refractivity contribution in [3.8, 4) is 0 Å². The molecule has 7 nitrogen and oxygen atoms in total. The molecule has 168 valence electrons. The minimum absolute atomic E-state index is 0.00272. The molecule has 2 aromatic carbocycles. The van der Waals surface area contributed by atoms with Crippen LogP contribution in [-0.2, 0) is 19.9 Å². The Balaban J connectivity index is 1.48. The predicted octanol–water partition coefficient (Wildman–Crippen LogP) is 3.29. The number of thiophene rings is 1. The van der Waals surface area contributed by atoms with Crippen molar-refractivity contribution in [1.82, 2.24) is 4.31 Å². The second-order valence-electron chi connectivity index (χ2n) is 7.38. The highest BCUT2D eigenvalue weighted by molar-refractivity contribution is 7.95. The molecule has 0 spiro atoms. The van der Waals surface area contributed by atoms with Gasteiger partial charge in [-0.15, -0.1) is 11.3 Å². The molecule has 0 radical (unpaired) electrons. The van der Waals surface area contributed by atoms with E-state index in [4.69, 9.17) is 0 Å². The molecular weight excluding hydrogens is 468 g/mol. The fourth-order valence-corrected chi connectivity index (χ4v) is 8.29. The first kappa shape index (κ1) is 22.7. The van der Waals surface area contributed by atoms with E-state index in [9.17, 15) is 21.6 Å². The Bertz CT molecular complexity index is 1320. The van der Waals surface area contributed by atoms with Gasteiger partial charge in [0.05, 0.1) is 4.90 Å². The normalized spacial score (nSPS) is 15.6. The number of hydrogen-bond donors (Lipinski definition) is 0. The second-order valence-corrected chi connectivity index (χ2v) is 12.8. The van der Waals surface area contributed by atoms with Crippen molar-refractivity contribution in [2.75, 3.05) is 31.1 Å². The third-order valence-electron chi connectivity index (χ3n) is 5.35. The minimum atomic E-state index is -3.79. The van der Waals surface area contributed by atoms with Gasteiger partial charge in [0.15, 0.2) is 5.78 Å². The molecule has 32 heavy (non-hydrogen) atoms. The molecule has 0 atom stereocenters. The molecule has 1 aromatic heterocycles. The van der Waals surface area contributed by atoms with Crippen LogP contribution in [0.25, 0.3) is 0 Å². The molecule has 1 saturated heterocycles. The van der Waals surface area contributed by atoms with Gasteiger partial charge in [-0.3, -0.25) is 4.79 Å². The summed E-state index contributed by atoms with van der Waals surface area (Å²) in [4.78, 5) is 13.6. The number of Topliss-reactive ketones (excluding diaryl/α,β-unsaturated/α-hetero) is 1. The van der Waals surface area contributed by atoms with Crippen LogP contribution in [-0.4, -0.2) is 53.1 Å². The van der Waals surface area contributed by atoms with Gasteiger partial charge in [-0.2, -0.15) is 4.31 Å². The number of hydrogen-bond acceptors (Lipinski definition) is 7. The molecule has 0 amide bonds. The summed E-state index contributed by atoms with van der Waals surface area (Å²) in [6.07, 6.45) is 0. The second kappa shape index (κ2) is 8.78. The monoisotopic (exact) mass is 490 g/mol. The van der Waals surface area contributed by atoms with E-state index in [0.29, 0.717) is 18.7 Å². The van der Waals surface area contributed by atoms with E-state index in [1.807, 2.05) is 12.1 Å². The largest absolute Gasteiger partial charge is 0.369 e. The highest BCUT2D eigenvalue weighted by Gasteiger charge is 2.31. The van der Waals surface area contributed by atoms with Gasteiger partial charge in [-0.25, -0.2) is 16.8 Å². The Morgan fingerprint density at radius 2 is 1.38 bits per heavy atom. The van der Waals surface area contributed by atoms with E-state index in [2.05, 4.69) is 4.90 Å². The number of anilines is 1. The Hall–Kier alpha value is -2.53. The molecule has 3 aromatic rings. The van der Waals surface area contributed by atoms with Crippen LogP contribution >= 0.6 is 11.3 Å². The maximum absolute atomic E-state index is 13.1. The van der Waals surface area contributed by atoms with Crippen LogP contribution in [0.3, 0.4) is 0 Å². The zero-order chi connectivity index (χ0) is 22.9. The molecule has 10 heteroatoms. The number of sulfone groups is 1. The zero-order valence-corrected chi connectivity index (χ0v) is 19.8. The van der Waals surface area contributed by atoms with Gasteiger partial charge in [-0.1, -0.05) is 18.2 Å². The number of benzene rings is 2. The van der Waals surface area contributed by atoms with Crippen LogP contribution < -0.4 is 4.90 Å². The first-order valence-electron chi connectivity index (χ1n) is 9.96. The van der Waals surface area contributed by atoms with Crippen LogP contribution in [0.2, 0.25) is 0 Å². The van der Waals surface area contributed by atoms with Crippen LogP contribution in [0.15, 0.2) is 80.0 Å². The quantitative estimate of drug-likeness (QED) is 0.493. The molecular formula is C22H22N2O5S3. The summed E-state index contributed by atoms with van der Waals surface area (Å²) in [7, 11) is -7.55. The standard InChI is InChI=1S/C22H22N2O5S3/c1-17(25)18-7-9-19(10-8-18)23-13-15-24(16-14-23)32(28,29)22-12-11-21(30-22)31(26,27)20-5-3-2-4-6-20/h2-12H,13-16H2,1H3. The summed E-state index contributed by atoms with van der Waals surface area (Å²) in [5, 5.41) is 0. The van der Waals surface area contributed by atoms with Crippen molar-refractivity contribution in [3.05, 3.63) is 72.3 Å². The Kier molecular flexibility index (Phi) is 6.22. The molecule has 1 aliphatic heterocycles. The van der Waals surface area contributed by atoms with Crippen molar-refractivity contribution in [2.24, 2.45) is 0 Å². The molecule has 0 N–H and O–H groups in total. The predicted molar refractivity (Wildman–Crippen MR) is 124 cm³/mol. The van der Waals surface area contributed by atoms with Crippen molar-refractivity contribution in [1.29, 1.82) is 0 Å². The fourth-order valence-electron chi connectivity index (χ4n) is 3.52. The fraction of sp³-hybridized carbons (Fsp3) is 0.227. The van der Waals surface area contributed by atoms with Gasteiger partial charge in [0, 0.05) is 37.4 Å². The molecule has 0 aliphatic carbocycles. The SMILES string of the molecule is CC(=O)c1ccc(N2CCN(S(=O)(=O)c3ccc(S(=O)(=O)c4ccccc4)s3)CC2)cc1. The van der Waals surface area contributed by atoms with Gasteiger partial charge in [0.2, 0.25) is 9.84 Å². The lowest BCUT2D eigenvalue weighted by Crippen LogP contribution is -2.48. The molecule has 0 saturated carbocycles. The number of nitrogens with zero attached hydrogens (tertiary/aromatic N) is 2. The molecule has 1 fully saturated rings. The molecule has 0 unspecified atom stereocenters. The topological polar surface area (TPSA) is 91.8 Å². The molecule has 2 heterocycles. The van der Waals surface area contributed by atoms with Crippen LogP contribution in [0, 0.1) is 0 Å². The Labute approximate surface area is 191 Å². The third-order valence-corrected chi connectivity index (χ3v) is 11.1. The highest BCUT2D eigenvalue weighted by atomic mass is 32.3. The lowest BCUT2D eigenvalue weighted by Gasteiger charge is -2.35. The molecule has 0 bridgehead atoms. The smallest absolute Gasteiger partial charge is 0.252 e. The van der Waals surface area contributed by atoms with E-state index in [0.717, 1.165) is 17.0 Å². The maximum atomic E-state index is 13.1. The number of sulfonamides is 1. The van der Waals surface area contributed by atoms with E-state index < -0.39 is 19.9 Å². The van der Waals surface area contributed by atoms with Crippen molar-refractivity contribution in [3.63, 3.8) is 0 Å². The summed E-state index contributed by atoms with van der Waals surface area (Å²) in [6.45, 7) is 3.09. The first-order chi connectivity index (χ1) is 15.2.